The van der Waals surface area contributed by atoms with Gasteiger partial charge in [-0.15, -0.1) is 0 Å². The average Bonchev–Trinajstić information content (AvgIpc) is 3.25. The van der Waals surface area contributed by atoms with Crippen LogP contribution in [0, 0.1) is 0 Å². The Kier molecular flexibility index (Phi) is 4.06. The normalized spacial score (nSPS) is 17.4. The molecule has 20 heavy (non-hydrogen) atoms. The van der Waals surface area contributed by atoms with E-state index < -0.39 is 0 Å². The molecule has 5 heteroatoms. The second-order valence-corrected chi connectivity index (χ2v) is 5.28. The molecule has 0 saturated heterocycles. The first-order valence-corrected chi connectivity index (χ1v) is 7.20. The molecule has 1 amide bonds. The monoisotopic (exact) mass is 276 g/mol. The first-order chi connectivity index (χ1) is 9.81. The van der Waals surface area contributed by atoms with Crippen LogP contribution in [0.2, 0.25) is 0 Å². The molecule has 0 bridgehead atoms. The van der Waals surface area contributed by atoms with Crippen molar-refractivity contribution in [3.05, 3.63) is 23.8 Å². The van der Waals surface area contributed by atoms with Crippen molar-refractivity contribution >= 4 is 5.91 Å². The smallest absolute Gasteiger partial charge is 0.234 e. The highest BCUT2D eigenvalue weighted by Gasteiger charge is 2.22. The largest absolute Gasteiger partial charge is 0.490 e. The van der Waals surface area contributed by atoms with Gasteiger partial charge in [-0.05, 0) is 30.5 Å². The van der Waals surface area contributed by atoms with Crippen molar-refractivity contribution in [1.82, 2.24) is 10.6 Å². The molecule has 2 aliphatic rings. The molecule has 2 N–H and O–H groups in total. The van der Waals surface area contributed by atoms with Gasteiger partial charge in [-0.2, -0.15) is 0 Å². The molecule has 5 nitrogen and oxygen atoms in total. The van der Waals surface area contributed by atoms with Crippen molar-refractivity contribution in [3.8, 4) is 11.5 Å². The van der Waals surface area contributed by atoms with Gasteiger partial charge in [0.05, 0.1) is 19.8 Å². The summed E-state index contributed by atoms with van der Waals surface area (Å²) in [5.41, 5.74) is 1.09. The van der Waals surface area contributed by atoms with Gasteiger partial charge in [0.1, 0.15) is 0 Å². The molecular formula is C15H20N2O3. The van der Waals surface area contributed by atoms with Crippen molar-refractivity contribution in [2.75, 3.05) is 19.8 Å². The number of carbonyl (C=O) groups is 1. The highest BCUT2D eigenvalue weighted by atomic mass is 16.5. The minimum absolute atomic E-state index is 0.0712. The van der Waals surface area contributed by atoms with Gasteiger partial charge in [0, 0.05) is 19.0 Å². The predicted octanol–water partition coefficient (Wildman–Crippen LogP) is 1.22. The highest BCUT2D eigenvalue weighted by Crippen LogP contribution is 2.30. The van der Waals surface area contributed by atoms with E-state index in [1.165, 1.54) is 0 Å². The summed E-state index contributed by atoms with van der Waals surface area (Å²) < 4.78 is 11.2. The number of hydrogen-bond acceptors (Lipinski definition) is 4. The van der Waals surface area contributed by atoms with E-state index in [9.17, 15) is 4.79 Å². The molecule has 1 aromatic carbocycles. The van der Waals surface area contributed by atoms with Crippen LogP contribution in [0.4, 0.5) is 0 Å². The second kappa shape index (κ2) is 6.13. The van der Waals surface area contributed by atoms with Gasteiger partial charge in [-0.3, -0.25) is 4.79 Å². The third-order valence-corrected chi connectivity index (χ3v) is 3.37. The Morgan fingerprint density at radius 1 is 1.20 bits per heavy atom. The zero-order valence-corrected chi connectivity index (χ0v) is 11.5. The van der Waals surface area contributed by atoms with Gasteiger partial charge < -0.3 is 20.1 Å². The molecular weight excluding hydrogens is 256 g/mol. The molecule has 0 aromatic heterocycles. The maximum absolute atomic E-state index is 11.5. The molecule has 0 atom stereocenters. The Hall–Kier alpha value is -1.75. The number of benzene rings is 1. The molecule has 1 aliphatic carbocycles. The quantitative estimate of drug-likeness (QED) is 0.849. The van der Waals surface area contributed by atoms with Crippen molar-refractivity contribution in [1.29, 1.82) is 0 Å². The van der Waals surface area contributed by atoms with Crippen molar-refractivity contribution in [2.24, 2.45) is 0 Å². The molecule has 1 aliphatic heterocycles. The Balaban J connectivity index is 1.49. The summed E-state index contributed by atoms with van der Waals surface area (Å²) in [5.74, 6) is 1.67. The van der Waals surface area contributed by atoms with E-state index >= 15 is 0 Å². The number of carbonyl (C=O) groups excluding carboxylic acids is 1. The van der Waals surface area contributed by atoms with E-state index in [1.807, 2.05) is 18.2 Å². The lowest BCUT2D eigenvalue weighted by atomic mass is 10.2. The molecule has 108 valence electrons. The fourth-order valence-corrected chi connectivity index (χ4v) is 2.14. The third-order valence-electron chi connectivity index (χ3n) is 3.37. The SMILES string of the molecule is O=C(CNCc1ccc2c(c1)OCCCO2)NC1CC1. The fraction of sp³-hybridized carbons (Fsp3) is 0.533. The number of hydrogen-bond donors (Lipinski definition) is 2. The molecule has 0 radical (unpaired) electrons. The molecule has 1 heterocycles. The Morgan fingerprint density at radius 3 is 2.80 bits per heavy atom. The van der Waals surface area contributed by atoms with Crippen LogP contribution in [0.3, 0.4) is 0 Å². The number of nitrogens with one attached hydrogen (secondary N) is 2. The minimum atomic E-state index is 0.0712. The van der Waals surface area contributed by atoms with E-state index in [2.05, 4.69) is 10.6 Å². The Morgan fingerprint density at radius 2 is 2.00 bits per heavy atom. The molecule has 0 unspecified atom stereocenters. The van der Waals surface area contributed by atoms with E-state index in [4.69, 9.17) is 9.47 Å². The van der Waals surface area contributed by atoms with Crippen LogP contribution in [0.5, 0.6) is 11.5 Å². The van der Waals surface area contributed by atoms with Gasteiger partial charge in [0.15, 0.2) is 11.5 Å². The van der Waals surface area contributed by atoms with Gasteiger partial charge in [-0.1, -0.05) is 6.07 Å². The van der Waals surface area contributed by atoms with Crippen LogP contribution >= 0.6 is 0 Å². The van der Waals surface area contributed by atoms with Crippen LogP contribution in [-0.4, -0.2) is 31.7 Å². The van der Waals surface area contributed by atoms with Crippen molar-refractivity contribution < 1.29 is 14.3 Å². The summed E-state index contributed by atoms with van der Waals surface area (Å²) in [5, 5.41) is 6.10. The van der Waals surface area contributed by atoms with Crippen LogP contribution in [0.15, 0.2) is 18.2 Å². The number of rotatable bonds is 5. The van der Waals surface area contributed by atoms with Gasteiger partial charge in [0.25, 0.3) is 0 Å². The van der Waals surface area contributed by atoms with Gasteiger partial charge in [-0.25, -0.2) is 0 Å². The van der Waals surface area contributed by atoms with Crippen LogP contribution in [-0.2, 0) is 11.3 Å². The average molecular weight is 276 g/mol. The number of amides is 1. The summed E-state index contributed by atoms with van der Waals surface area (Å²) in [6.07, 6.45) is 3.14. The maximum atomic E-state index is 11.5. The summed E-state index contributed by atoms with van der Waals surface area (Å²) in [7, 11) is 0. The first kappa shape index (κ1) is 13.2. The topological polar surface area (TPSA) is 59.6 Å². The summed E-state index contributed by atoms with van der Waals surface area (Å²) in [6, 6.07) is 6.33. The van der Waals surface area contributed by atoms with E-state index in [0.29, 0.717) is 32.3 Å². The Labute approximate surface area is 118 Å². The minimum Gasteiger partial charge on any atom is -0.490 e. The van der Waals surface area contributed by atoms with Crippen LogP contribution in [0.1, 0.15) is 24.8 Å². The lowest BCUT2D eigenvalue weighted by Gasteiger charge is -2.10. The van der Waals surface area contributed by atoms with Crippen LogP contribution < -0.4 is 20.1 Å². The predicted molar refractivity (Wildman–Crippen MR) is 74.9 cm³/mol. The van der Waals surface area contributed by atoms with E-state index in [0.717, 1.165) is 36.3 Å². The summed E-state index contributed by atoms with van der Waals surface area (Å²) in [6.45, 7) is 2.39. The zero-order chi connectivity index (χ0) is 13.8. The summed E-state index contributed by atoms with van der Waals surface area (Å²) in [4.78, 5) is 11.5. The molecule has 1 fully saturated rings. The Bertz CT molecular complexity index is 486. The van der Waals surface area contributed by atoms with E-state index in [-0.39, 0.29) is 5.91 Å². The zero-order valence-electron chi connectivity index (χ0n) is 11.5. The molecule has 1 saturated carbocycles. The maximum Gasteiger partial charge on any atom is 0.234 e. The lowest BCUT2D eigenvalue weighted by molar-refractivity contribution is -0.120. The number of ether oxygens (including phenoxy) is 2. The molecule has 1 aromatic rings. The fourth-order valence-electron chi connectivity index (χ4n) is 2.14. The standard InChI is InChI=1S/C15H20N2O3/c18-15(17-12-3-4-12)10-16-9-11-2-5-13-14(8-11)20-7-1-6-19-13/h2,5,8,12,16H,1,3-4,6-7,9-10H2,(H,17,18). The van der Waals surface area contributed by atoms with Crippen LogP contribution in [0.25, 0.3) is 0 Å². The highest BCUT2D eigenvalue weighted by molar-refractivity contribution is 5.78. The first-order valence-electron chi connectivity index (χ1n) is 7.20. The lowest BCUT2D eigenvalue weighted by Crippen LogP contribution is -2.34. The van der Waals surface area contributed by atoms with Crippen molar-refractivity contribution in [2.45, 2.75) is 31.8 Å². The van der Waals surface area contributed by atoms with Gasteiger partial charge in [0.2, 0.25) is 5.91 Å². The molecule has 0 spiro atoms. The molecule has 3 rings (SSSR count). The summed E-state index contributed by atoms with van der Waals surface area (Å²) >= 11 is 0. The number of fused-ring (bicyclic) bond motifs is 1. The second-order valence-electron chi connectivity index (χ2n) is 5.28. The third kappa shape index (κ3) is 3.63. The van der Waals surface area contributed by atoms with Gasteiger partial charge >= 0.3 is 0 Å². The van der Waals surface area contributed by atoms with Crippen molar-refractivity contribution in [3.63, 3.8) is 0 Å². The van der Waals surface area contributed by atoms with E-state index in [1.54, 1.807) is 0 Å².